The molecule has 0 aliphatic heterocycles. The van der Waals surface area contributed by atoms with E-state index in [4.69, 9.17) is 5.11 Å². The Hall–Kier alpha value is -1.63. The predicted octanol–water partition coefficient (Wildman–Crippen LogP) is 3.07. The van der Waals surface area contributed by atoms with Gasteiger partial charge < -0.3 is 9.67 Å². The standard InChI is InChI=1S/C12H12F2N2O2S/c1-6(2)16-11-8(4-3-7(13)10(11)14)15-12(16)19-5-9(17)18/h3-4,6H,5H2,1-2H3,(H,17,18). The first-order valence-corrected chi connectivity index (χ1v) is 6.61. The smallest absolute Gasteiger partial charge is 0.313 e. The van der Waals surface area contributed by atoms with Crippen molar-refractivity contribution in [3.63, 3.8) is 0 Å². The summed E-state index contributed by atoms with van der Waals surface area (Å²) in [4.78, 5) is 14.8. The highest BCUT2D eigenvalue weighted by atomic mass is 32.2. The minimum Gasteiger partial charge on any atom is -0.481 e. The van der Waals surface area contributed by atoms with Crippen LogP contribution in [0.3, 0.4) is 0 Å². The van der Waals surface area contributed by atoms with Crippen molar-refractivity contribution >= 4 is 28.8 Å². The number of thioether (sulfide) groups is 1. The van der Waals surface area contributed by atoms with Crippen LogP contribution in [0.5, 0.6) is 0 Å². The molecule has 2 rings (SSSR count). The van der Waals surface area contributed by atoms with Crippen molar-refractivity contribution in [2.24, 2.45) is 0 Å². The summed E-state index contributed by atoms with van der Waals surface area (Å²) >= 11 is 0.987. The molecule has 0 saturated carbocycles. The van der Waals surface area contributed by atoms with Gasteiger partial charge in [-0.3, -0.25) is 4.79 Å². The molecule has 19 heavy (non-hydrogen) atoms. The van der Waals surface area contributed by atoms with Crippen LogP contribution in [0.2, 0.25) is 0 Å². The molecule has 0 unspecified atom stereocenters. The number of hydrogen-bond acceptors (Lipinski definition) is 3. The van der Waals surface area contributed by atoms with Gasteiger partial charge in [0.25, 0.3) is 0 Å². The van der Waals surface area contributed by atoms with Crippen LogP contribution in [0.15, 0.2) is 17.3 Å². The van der Waals surface area contributed by atoms with E-state index in [9.17, 15) is 13.6 Å². The SMILES string of the molecule is CC(C)n1c(SCC(=O)O)nc2ccc(F)c(F)c21. The molecule has 1 heterocycles. The van der Waals surface area contributed by atoms with Gasteiger partial charge in [-0.25, -0.2) is 13.8 Å². The van der Waals surface area contributed by atoms with Crippen LogP contribution in [0, 0.1) is 11.6 Å². The van der Waals surface area contributed by atoms with Crippen molar-refractivity contribution < 1.29 is 18.7 Å². The highest BCUT2D eigenvalue weighted by Gasteiger charge is 2.19. The summed E-state index contributed by atoms with van der Waals surface area (Å²) in [5.74, 6) is -3.07. The predicted molar refractivity (Wildman–Crippen MR) is 68.4 cm³/mol. The van der Waals surface area contributed by atoms with E-state index in [-0.39, 0.29) is 17.3 Å². The van der Waals surface area contributed by atoms with Crippen LogP contribution < -0.4 is 0 Å². The summed E-state index contributed by atoms with van der Waals surface area (Å²) in [7, 11) is 0. The Bertz CT molecular complexity index is 640. The van der Waals surface area contributed by atoms with E-state index in [0.29, 0.717) is 10.7 Å². The van der Waals surface area contributed by atoms with Gasteiger partial charge in [0, 0.05) is 6.04 Å². The average Bonchev–Trinajstić information content (AvgIpc) is 2.70. The fraction of sp³-hybridized carbons (Fsp3) is 0.333. The molecule has 2 aromatic rings. The van der Waals surface area contributed by atoms with E-state index in [1.54, 1.807) is 13.8 Å². The maximum atomic E-state index is 13.9. The molecule has 4 nitrogen and oxygen atoms in total. The summed E-state index contributed by atoms with van der Waals surface area (Å²) in [5, 5.41) is 9.06. The average molecular weight is 286 g/mol. The summed E-state index contributed by atoms with van der Waals surface area (Å²) in [6.45, 7) is 3.60. The molecule has 0 fully saturated rings. The fourth-order valence-corrected chi connectivity index (χ4v) is 2.67. The molecule has 0 aliphatic rings. The summed E-state index contributed by atoms with van der Waals surface area (Å²) in [6.07, 6.45) is 0. The number of hydrogen-bond donors (Lipinski definition) is 1. The number of halogens is 2. The zero-order valence-electron chi connectivity index (χ0n) is 10.4. The number of imidazole rings is 1. The van der Waals surface area contributed by atoms with Crippen molar-refractivity contribution in [3.8, 4) is 0 Å². The Morgan fingerprint density at radius 2 is 2.16 bits per heavy atom. The number of nitrogens with zero attached hydrogens (tertiary/aromatic N) is 2. The van der Waals surface area contributed by atoms with Gasteiger partial charge in [-0.2, -0.15) is 0 Å². The van der Waals surface area contributed by atoms with Crippen LogP contribution in [0.4, 0.5) is 8.78 Å². The van der Waals surface area contributed by atoms with Crippen LogP contribution in [0.1, 0.15) is 19.9 Å². The molecular weight excluding hydrogens is 274 g/mol. The lowest BCUT2D eigenvalue weighted by molar-refractivity contribution is -0.133. The van der Waals surface area contributed by atoms with Gasteiger partial charge in [0.05, 0.1) is 11.3 Å². The topological polar surface area (TPSA) is 55.1 Å². The molecule has 0 amide bonds. The second kappa shape index (κ2) is 5.16. The lowest BCUT2D eigenvalue weighted by Crippen LogP contribution is -2.06. The molecule has 1 aromatic heterocycles. The van der Waals surface area contributed by atoms with E-state index in [1.165, 1.54) is 10.6 Å². The van der Waals surface area contributed by atoms with Gasteiger partial charge in [0.15, 0.2) is 16.8 Å². The zero-order valence-corrected chi connectivity index (χ0v) is 11.2. The van der Waals surface area contributed by atoms with Crippen LogP contribution in [0.25, 0.3) is 11.0 Å². The highest BCUT2D eigenvalue weighted by Crippen LogP contribution is 2.30. The second-order valence-electron chi connectivity index (χ2n) is 4.27. The first-order valence-electron chi connectivity index (χ1n) is 5.62. The first kappa shape index (κ1) is 13.8. The van der Waals surface area contributed by atoms with Crippen molar-refractivity contribution in [3.05, 3.63) is 23.8 Å². The normalized spacial score (nSPS) is 11.4. The third-order valence-corrected chi connectivity index (χ3v) is 3.49. The van der Waals surface area contributed by atoms with Gasteiger partial charge in [-0.1, -0.05) is 11.8 Å². The lowest BCUT2D eigenvalue weighted by atomic mass is 10.2. The number of aliphatic carboxylic acids is 1. The molecule has 1 N–H and O–H groups in total. The van der Waals surface area contributed by atoms with Crippen molar-refractivity contribution in [1.29, 1.82) is 0 Å². The van der Waals surface area contributed by atoms with Crippen LogP contribution >= 0.6 is 11.8 Å². The summed E-state index contributed by atoms with van der Waals surface area (Å²) < 4.78 is 28.7. The number of rotatable bonds is 4. The lowest BCUT2D eigenvalue weighted by Gasteiger charge is -2.12. The maximum absolute atomic E-state index is 13.9. The number of carboxylic acid groups (broad SMARTS) is 1. The van der Waals surface area contributed by atoms with E-state index in [1.807, 2.05) is 0 Å². The molecule has 0 spiro atoms. The van der Waals surface area contributed by atoms with Gasteiger partial charge in [-0.15, -0.1) is 0 Å². The molecule has 0 bridgehead atoms. The second-order valence-corrected chi connectivity index (χ2v) is 5.21. The largest absolute Gasteiger partial charge is 0.481 e. The molecule has 0 radical (unpaired) electrons. The number of aromatic nitrogens is 2. The van der Waals surface area contributed by atoms with Crippen LogP contribution in [-0.2, 0) is 4.79 Å². The number of carbonyl (C=O) groups is 1. The Morgan fingerprint density at radius 1 is 1.47 bits per heavy atom. The summed E-state index contributed by atoms with van der Waals surface area (Å²) in [5.41, 5.74) is 0.392. The fourth-order valence-electron chi connectivity index (χ4n) is 1.81. The third-order valence-electron chi connectivity index (χ3n) is 2.55. The number of benzene rings is 1. The van der Waals surface area contributed by atoms with E-state index >= 15 is 0 Å². The van der Waals surface area contributed by atoms with Gasteiger partial charge in [0.1, 0.15) is 5.52 Å². The molecule has 0 aliphatic carbocycles. The quantitative estimate of drug-likeness (QED) is 0.878. The first-order chi connectivity index (χ1) is 8.91. The minimum absolute atomic E-state index is 0.0721. The van der Waals surface area contributed by atoms with Gasteiger partial charge in [0.2, 0.25) is 0 Å². The summed E-state index contributed by atoms with van der Waals surface area (Å²) in [6, 6.07) is 2.25. The molecule has 1 aromatic carbocycles. The van der Waals surface area contributed by atoms with E-state index < -0.39 is 17.6 Å². The monoisotopic (exact) mass is 286 g/mol. The van der Waals surface area contributed by atoms with Gasteiger partial charge >= 0.3 is 5.97 Å². The van der Waals surface area contributed by atoms with Crippen molar-refractivity contribution in [2.45, 2.75) is 25.0 Å². The van der Waals surface area contributed by atoms with Crippen molar-refractivity contribution in [1.82, 2.24) is 9.55 Å². The molecule has 0 saturated heterocycles. The van der Waals surface area contributed by atoms with Gasteiger partial charge in [-0.05, 0) is 26.0 Å². The zero-order chi connectivity index (χ0) is 14.2. The molecule has 0 atom stereocenters. The Kier molecular flexibility index (Phi) is 3.75. The molecule has 102 valence electrons. The Labute approximate surface area is 112 Å². The number of fused-ring (bicyclic) bond motifs is 1. The Balaban J connectivity index is 2.61. The van der Waals surface area contributed by atoms with Crippen molar-refractivity contribution in [2.75, 3.05) is 5.75 Å². The minimum atomic E-state index is -0.987. The highest BCUT2D eigenvalue weighted by molar-refractivity contribution is 7.99. The van der Waals surface area contributed by atoms with Crippen LogP contribution in [-0.4, -0.2) is 26.4 Å². The third kappa shape index (κ3) is 2.56. The van der Waals surface area contributed by atoms with E-state index in [2.05, 4.69) is 4.98 Å². The molecular formula is C12H12F2N2O2S. The number of carboxylic acids is 1. The van der Waals surface area contributed by atoms with E-state index in [0.717, 1.165) is 17.8 Å². The maximum Gasteiger partial charge on any atom is 0.313 e. The Morgan fingerprint density at radius 3 is 2.74 bits per heavy atom. The molecule has 7 heteroatoms.